The molecule has 0 fully saturated rings. The maximum atomic E-state index is 13.0. The van der Waals surface area contributed by atoms with E-state index in [1.807, 2.05) is 6.92 Å². The number of aromatic nitrogens is 6. The lowest BCUT2D eigenvalue weighted by Crippen LogP contribution is -2.27. The number of nitrogens with one attached hydrogen (secondary N) is 1. The van der Waals surface area contributed by atoms with Gasteiger partial charge < -0.3 is 10.7 Å². The van der Waals surface area contributed by atoms with Crippen molar-refractivity contribution in [1.29, 1.82) is 0 Å². The van der Waals surface area contributed by atoms with E-state index >= 15 is 0 Å². The number of nitrogens with zero attached hydrogens (tertiary/aromatic N) is 6. The van der Waals surface area contributed by atoms with Crippen LogP contribution in [0.15, 0.2) is 24.8 Å². The number of nitrogen functional groups attached to an aromatic ring is 1. The van der Waals surface area contributed by atoms with E-state index in [-0.39, 0.29) is 23.6 Å². The minimum absolute atomic E-state index is 0.0132. The summed E-state index contributed by atoms with van der Waals surface area (Å²) >= 11 is 6.25. The number of anilines is 2. The van der Waals surface area contributed by atoms with Gasteiger partial charge in [-0.05, 0) is 13.0 Å². The fourth-order valence-corrected chi connectivity index (χ4v) is 2.92. The van der Waals surface area contributed by atoms with Crippen LogP contribution in [0.5, 0.6) is 0 Å². The fraction of sp³-hybridized carbons (Fsp3) is 0.125. The lowest BCUT2D eigenvalue weighted by atomic mass is 10.1. The van der Waals surface area contributed by atoms with E-state index in [4.69, 9.17) is 17.3 Å². The zero-order valence-electron chi connectivity index (χ0n) is 13.6. The lowest BCUT2D eigenvalue weighted by Gasteiger charge is -2.15. The molecule has 1 amide bonds. The van der Waals surface area contributed by atoms with Gasteiger partial charge in [-0.1, -0.05) is 11.6 Å². The summed E-state index contributed by atoms with van der Waals surface area (Å²) in [6.07, 6.45) is 8.11. The molecule has 0 radical (unpaired) electrons. The van der Waals surface area contributed by atoms with Gasteiger partial charge in [0.2, 0.25) is 5.95 Å². The molecule has 0 aliphatic carbocycles. The Kier molecular flexibility index (Phi) is 3.85. The number of carbonyl (C=O) groups is 1. The number of hydrogen-bond donors (Lipinski definition) is 2. The summed E-state index contributed by atoms with van der Waals surface area (Å²) in [5, 5.41) is 0.108. The molecule has 26 heavy (non-hydrogen) atoms. The van der Waals surface area contributed by atoms with Crippen molar-refractivity contribution in [2.45, 2.75) is 13.5 Å². The lowest BCUT2D eigenvalue weighted by molar-refractivity contribution is -0.113. The predicted molar refractivity (Wildman–Crippen MR) is 95.9 cm³/mol. The molecular weight excluding hydrogens is 356 g/mol. The number of aryl methyl sites for hydroxylation is 1. The summed E-state index contributed by atoms with van der Waals surface area (Å²) in [4.78, 5) is 38.2. The second-order valence-electron chi connectivity index (χ2n) is 5.64. The summed E-state index contributed by atoms with van der Waals surface area (Å²) in [6, 6.07) is 0. The van der Waals surface area contributed by atoms with Crippen LogP contribution >= 0.6 is 11.6 Å². The first-order valence-electron chi connectivity index (χ1n) is 7.67. The quantitative estimate of drug-likeness (QED) is 0.531. The number of amides is 1. The number of fused-ring (bicyclic) bond motifs is 1. The van der Waals surface area contributed by atoms with Gasteiger partial charge in [0.25, 0.3) is 5.91 Å². The largest absolute Gasteiger partial charge is 0.368 e. The second-order valence-corrected chi connectivity index (χ2v) is 6.00. The minimum atomic E-state index is -0.291. The topological polar surface area (TPSA) is 127 Å². The number of H-pyrrole nitrogens is 1. The van der Waals surface area contributed by atoms with Crippen LogP contribution < -0.4 is 10.6 Å². The van der Waals surface area contributed by atoms with E-state index in [0.29, 0.717) is 28.5 Å². The summed E-state index contributed by atoms with van der Waals surface area (Å²) in [5.41, 5.74) is 7.88. The van der Waals surface area contributed by atoms with Gasteiger partial charge in [-0.15, -0.1) is 0 Å². The normalized spacial score (nSPS) is 14.9. The van der Waals surface area contributed by atoms with Gasteiger partial charge in [-0.3, -0.25) is 19.7 Å². The van der Waals surface area contributed by atoms with Gasteiger partial charge in [0.15, 0.2) is 5.82 Å². The second kappa shape index (κ2) is 6.19. The third-order valence-corrected chi connectivity index (χ3v) is 4.09. The molecule has 0 atom stereocenters. The first-order valence-corrected chi connectivity index (χ1v) is 8.04. The van der Waals surface area contributed by atoms with Crippen molar-refractivity contribution in [2.24, 2.45) is 0 Å². The molecule has 9 nitrogen and oxygen atoms in total. The molecule has 0 aromatic carbocycles. The van der Waals surface area contributed by atoms with Crippen molar-refractivity contribution in [1.82, 2.24) is 29.9 Å². The number of hydrogen-bond acceptors (Lipinski definition) is 7. The van der Waals surface area contributed by atoms with Crippen LogP contribution in [0.2, 0.25) is 5.15 Å². The van der Waals surface area contributed by atoms with Gasteiger partial charge >= 0.3 is 0 Å². The molecule has 0 saturated heterocycles. The molecule has 0 spiro atoms. The minimum Gasteiger partial charge on any atom is -0.368 e. The highest BCUT2D eigenvalue weighted by Crippen LogP contribution is 2.40. The van der Waals surface area contributed by atoms with E-state index in [0.717, 1.165) is 5.69 Å². The molecule has 1 aliphatic heterocycles. The maximum absolute atomic E-state index is 13.0. The van der Waals surface area contributed by atoms with Crippen molar-refractivity contribution in [2.75, 3.05) is 10.6 Å². The highest BCUT2D eigenvalue weighted by Gasteiger charge is 2.37. The van der Waals surface area contributed by atoms with E-state index in [1.54, 1.807) is 30.9 Å². The highest BCUT2D eigenvalue weighted by molar-refractivity contribution is 6.41. The zero-order chi connectivity index (χ0) is 18.3. The van der Waals surface area contributed by atoms with Gasteiger partial charge in [0.05, 0.1) is 35.3 Å². The van der Waals surface area contributed by atoms with E-state index in [2.05, 4.69) is 29.9 Å². The third kappa shape index (κ3) is 2.78. The Morgan fingerprint density at radius 2 is 2.12 bits per heavy atom. The van der Waals surface area contributed by atoms with Gasteiger partial charge in [-0.25, -0.2) is 9.97 Å². The number of carbonyl (C=O) groups excluding carboxylic acids is 1. The molecule has 4 rings (SSSR count). The maximum Gasteiger partial charge on any atom is 0.260 e. The van der Waals surface area contributed by atoms with Crippen LogP contribution in [-0.2, 0) is 11.3 Å². The zero-order valence-corrected chi connectivity index (χ0v) is 14.4. The van der Waals surface area contributed by atoms with Crippen molar-refractivity contribution in [3.63, 3.8) is 0 Å². The Morgan fingerprint density at radius 3 is 2.81 bits per heavy atom. The predicted octanol–water partition coefficient (Wildman–Crippen LogP) is 1.62. The van der Waals surface area contributed by atoms with Crippen molar-refractivity contribution in [3.8, 4) is 0 Å². The standard InChI is InChI=1S/C16H13ClN8O/c1-8-5-22-9(6-21-8)7-25-14-12(13(17)23-16(18)24-14)10(15(25)26)4-11-19-2-3-20-11/h2-6H,7H2,1H3,(H,19,20)(H2,18,23,24). The monoisotopic (exact) mass is 368 g/mol. The Labute approximate surface area is 153 Å². The van der Waals surface area contributed by atoms with E-state index in [9.17, 15) is 4.79 Å². The number of imidazole rings is 1. The summed E-state index contributed by atoms with van der Waals surface area (Å²) in [6.45, 7) is 2.02. The van der Waals surface area contributed by atoms with E-state index in [1.165, 1.54) is 4.90 Å². The van der Waals surface area contributed by atoms with Crippen LogP contribution in [0.4, 0.5) is 11.8 Å². The molecule has 1 aliphatic rings. The SMILES string of the molecule is Cc1cnc(CN2C(=O)C(=Cc3ncc[nH]3)c3c(Cl)nc(N)nc32)cn1. The molecule has 0 bridgehead atoms. The first kappa shape index (κ1) is 16.2. The van der Waals surface area contributed by atoms with Gasteiger partial charge in [0, 0.05) is 18.6 Å². The highest BCUT2D eigenvalue weighted by atomic mass is 35.5. The number of rotatable bonds is 3. The van der Waals surface area contributed by atoms with Gasteiger partial charge in [0.1, 0.15) is 11.0 Å². The molecule has 10 heteroatoms. The van der Waals surface area contributed by atoms with E-state index < -0.39 is 0 Å². The molecule has 0 unspecified atom stereocenters. The average Bonchev–Trinajstić information content (AvgIpc) is 3.19. The summed E-state index contributed by atoms with van der Waals surface area (Å²) < 4.78 is 0. The molecule has 3 N–H and O–H groups in total. The number of nitrogens with two attached hydrogens (primary N) is 1. The molecule has 130 valence electrons. The molecule has 0 saturated carbocycles. The Hall–Kier alpha value is -3.33. The van der Waals surface area contributed by atoms with Crippen LogP contribution in [0.25, 0.3) is 11.6 Å². The molecule has 3 aromatic heterocycles. The van der Waals surface area contributed by atoms with Crippen molar-refractivity contribution < 1.29 is 4.79 Å². The van der Waals surface area contributed by atoms with Crippen LogP contribution in [-0.4, -0.2) is 35.8 Å². The van der Waals surface area contributed by atoms with Crippen molar-refractivity contribution >= 4 is 40.9 Å². The van der Waals surface area contributed by atoms with Gasteiger partial charge in [-0.2, -0.15) is 4.98 Å². The Bertz CT molecular complexity index is 1010. The third-order valence-electron chi connectivity index (χ3n) is 3.82. The molecule has 4 heterocycles. The van der Waals surface area contributed by atoms with Crippen LogP contribution in [0, 0.1) is 6.92 Å². The Balaban J connectivity index is 1.81. The first-order chi connectivity index (χ1) is 12.5. The summed E-state index contributed by atoms with van der Waals surface area (Å²) in [5.74, 6) is 0.554. The summed E-state index contributed by atoms with van der Waals surface area (Å²) in [7, 11) is 0. The number of aromatic amines is 1. The average molecular weight is 369 g/mol. The Morgan fingerprint density at radius 1 is 1.27 bits per heavy atom. The van der Waals surface area contributed by atoms with Crippen LogP contribution in [0.3, 0.4) is 0 Å². The molecule has 3 aromatic rings. The van der Waals surface area contributed by atoms with Crippen molar-refractivity contribution in [3.05, 3.63) is 52.7 Å². The fourth-order valence-electron chi connectivity index (χ4n) is 2.65. The molecular formula is C16H13ClN8O. The van der Waals surface area contributed by atoms with Crippen LogP contribution in [0.1, 0.15) is 22.8 Å². The number of halogens is 1. The smallest absolute Gasteiger partial charge is 0.260 e.